The molecule has 2 aromatic rings. The molecule has 0 spiro atoms. The number of aryl methyl sites for hydroxylation is 1. The van der Waals surface area contributed by atoms with Crippen LogP contribution in [-0.2, 0) is 0 Å². The number of nitrogens with one attached hydrogen (secondary N) is 2. The normalized spacial score (nSPS) is 12.7. The van der Waals surface area contributed by atoms with E-state index in [1.165, 1.54) is 5.56 Å². The number of H-pyrrole nitrogens is 1. The monoisotopic (exact) mass is 307 g/mol. The zero-order valence-electron chi connectivity index (χ0n) is 10.9. The van der Waals surface area contributed by atoms with Gasteiger partial charge in [-0.15, -0.1) is 0 Å². The van der Waals surface area contributed by atoms with Crippen molar-refractivity contribution in [2.24, 2.45) is 0 Å². The van der Waals surface area contributed by atoms with Crippen molar-refractivity contribution in [3.05, 3.63) is 40.1 Å². The molecule has 1 atom stereocenters. The van der Waals surface area contributed by atoms with E-state index in [-0.39, 0.29) is 0 Å². The molecule has 0 aliphatic heterocycles. The summed E-state index contributed by atoms with van der Waals surface area (Å²) >= 11 is 3.51. The zero-order valence-corrected chi connectivity index (χ0v) is 12.5. The van der Waals surface area contributed by atoms with Crippen molar-refractivity contribution >= 4 is 15.9 Å². The van der Waals surface area contributed by atoms with Crippen LogP contribution in [0.1, 0.15) is 31.1 Å². The molecule has 0 saturated heterocycles. The van der Waals surface area contributed by atoms with Crippen LogP contribution < -0.4 is 5.32 Å². The quantitative estimate of drug-likeness (QED) is 0.901. The van der Waals surface area contributed by atoms with Crippen molar-refractivity contribution in [1.82, 2.24) is 15.3 Å². The molecule has 0 aliphatic carbocycles. The van der Waals surface area contributed by atoms with E-state index in [1.807, 2.05) is 6.20 Å². The van der Waals surface area contributed by atoms with Gasteiger partial charge in [-0.2, -0.15) is 0 Å². The van der Waals surface area contributed by atoms with Gasteiger partial charge in [0, 0.05) is 16.1 Å². The average molecular weight is 308 g/mol. The van der Waals surface area contributed by atoms with Crippen LogP contribution >= 0.6 is 15.9 Å². The maximum Gasteiger partial charge on any atom is 0.137 e. The summed E-state index contributed by atoms with van der Waals surface area (Å²) in [6.07, 6.45) is 1.90. The fourth-order valence-electron chi connectivity index (χ4n) is 1.91. The molecule has 2 N–H and O–H groups in total. The van der Waals surface area contributed by atoms with Crippen molar-refractivity contribution in [2.75, 3.05) is 6.54 Å². The first-order chi connectivity index (χ1) is 8.61. The third-order valence-electron chi connectivity index (χ3n) is 3.00. The Morgan fingerprint density at radius 2 is 2.22 bits per heavy atom. The first kappa shape index (κ1) is 13.3. The molecule has 1 unspecified atom stereocenters. The Bertz CT molecular complexity index is 534. The van der Waals surface area contributed by atoms with E-state index in [9.17, 15) is 0 Å². The molecular formula is C14H18BrN3. The minimum atomic E-state index is 0.299. The second kappa shape index (κ2) is 5.67. The van der Waals surface area contributed by atoms with Crippen molar-refractivity contribution in [3.8, 4) is 11.4 Å². The largest absolute Gasteiger partial charge is 0.341 e. The molecule has 0 bridgehead atoms. The van der Waals surface area contributed by atoms with Gasteiger partial charge in [0.25, 0.3) is 0 Å². The summed E-state index contributed by atoms with van der Waals surface area (Å²) in [5.74, 6) is 0.922. The van der Waals surface area contributed by atoms with E-state index < -0.39 is 0 Å². The lowest BCUT2D eigenvalue weighted by Crippen LogP contribution is -2.17. The van der Waals surface area contributed by atoms with Gasteiger partial charge >= 0.3 is 0 Å². The second-order valence-electron chi connectivity index (χ2n) is 4.43. The first-order valence-corrected chi connectivity index (χ1v) is 6.96. The number of aromatic amines is 1. The Morgan fingerprint density at radius 1 is 1.44 bits per heavy atom. The highest BCUT2D eigenvalue weighted by Crippen LogP contribution is 2.24. The highest BCUT2D eigenvalue weighted by Gasteiger charge is 2.09. The number of halogens is 1. The summed E-state index contributed by atoms with van der Waals surface area (Å²) in [4.78, 5) is 7.82. The van der Waals surface area contributed by atoms with Crippen molar-refractivity contribution in [2.45, 2.75) is 26.8 Å². The number of rotatable bonds is 4. The summed E-state index contributed by atoms with van der Waals surface area (Å²) in [6.45, 7) is 7.27. The van der Waals surface area contributed by atoms with Gasteiger partial charge in [-0.05, 0) is 38.1 Å². The predicted molar refractivity (Wildman–Crippen MR) is 78.6 cm³/mol. The van der Waals surface area contributed by atoms with Gasteiger partial charge < -0.3 is 10.3 Å². The number of benzene rings is 1. The highest BCUT2D eigenvalue weighted by atomic mass is 79.9. The van der Waals surface area contributed by atoms with E-state index in [0.29, 0.717) is 6.04 Å². The fraction of sp³-hybridized carbons (Fsp3) is 0.357. The standard InChI is InChI=1S/C14H18BrN3/c1-4-16-10(3)13-8-17-14(18-13)11-5-6-12(15)9(2)7-11/h5-8,10,16H,4H2,1-3H3,(H,17,18). The van der Waals surface area contributed by atoms with Crippen LogP contribution in [0.2, 0.25) is 0 Å². The molecule has 3 nitrogen and oxygen atoms in total. The maximum absolute atomic E-state index is 4.45. The molecule has 0 aliphatic rings. The molecule has 0 amide bonds. The number of imidazole rings is 1. The van der Waals surface area contributed by atoms with Crippen LogP contribution in [0.3, 0.4) is 0 Å². The Morgan fingerprint density at radius 3 is 2.89 bits per heavy atom. The molecule has 96 valence electrons. The summed E-state index contributed by atoms with van der Waals surface area (Å²) in [7, 11) is 0. The Balaban J connectivity index is 2.26. The maximum atomic E-state index is 4.45. The van der Waals surface area contributed by atoms with E-state index in [4.69, 9.17) is 0 Å². The van der Waals surface area contributed by atoms with Crippen molar-refractivity contribution in [1.29, 1.82) is 0 Å². The SMILES string of the molecule is CCNC(C)c1cnc(-c2ccc(Br)c(C)c2)[nH]1. The van der Waals surface area contributed by atoms with Gasteiger partial charge in [0.2, 0.25) is 0 Å². The lowest BCUT2D eigenvalue weighted by molar-refractivity contribution is 0.586. The third-order valence-corrected chi connectivity index (χ3v) is 3.89. The number of hydrogen-bond acceptors (Lipinski definition) is 2. The summed E-state index contributed by atoms with van der Waals surface area (Å²) in [5.41, 5.74) is 3.45. The average Bonchev–Trinajstić information content (AvgIpc) is 2.82. The molecule has 1 aromatic carbocycles. The molecule has 0 fully saturated rings. The Hall–Kier alpha value is -1.13. The van der Waals surface area contributed by atoms with E-state index >= 15 is 0 Å². The number of aromatic nitrogens is 2. The zero-order chi connectivity index (χ0) is 13.1. The smallest absolute Gasteiger partial charge is 0.137 e. The van der Waals surface area contributed by atoms with Gasteiger partial charge in [0.1, 0.15) is 5.82 Å². The lowest BCUT2D eigenvalue weighted by Gasteiger charge is -2.09. The van der Waals surface area contributed by atoms with Gasteiger partial charge in [0.05, 0.1) is 11.9 Å². The topological polar surface area (TPSA) is 40.7 Å². The molecule has 0 saturated carbocycles. The number of nitrogens with zero attached hydrogens (tertiary/aromatic N) is 1. The molecule has 4 heteroatoms. The highest BCUT2D eigenvalue weighted by molar-refractivity contribution is 9.10. The molecular weight excluding hydrogens is 290 g/mol. The van der Waals surface area contributed by atoms with Crippen LogP contribution in [0.5, 0.6) is 0 Å². The van der Waals surface area contributed by atoms with Crippen LogP contribution in [0.25, 0.3) is 11.4 Å². The first-order valence-electron chi connectivity index (χ1n) is 6.16. The minimum absolute atomic E-state index is 0.299. The van der Waals surface area contributed by atoms with Crippen LogP contribution in [0.15, 0.2) is 28.9 Å². The van der Waals surface area contributed by atoms with E-state index in [0.717, 1.165) is 28.1 Å². The van der Waals surface area contributed by atoms with Gasteiger partial charge in [-0.3, -0.25) is 0 Å². The van der Waals surface area contributed by atoms with Gasteiger partial charge in [0.15, 0.2) is 0 Å². The third kappa shape index (κ3) is 2.82. The summed E-state index contributed by atoms with van der Waals surface area (Å²) in [6, 6.07) is 6.55. The van der Waals surface area contributed by atoms with E-state index in [2.05, 4.69) is 70.2 Å². The molecule has 2 rings (SSSR count). The minimum Gasteiger partial charge on any atom is -0.341 e. The summed E-state index contributed by atoms with van der Waals surface area (Å²) in [5, 5.41) is 3.37. The lowest BCUT2D eigenvalue weighted by atomic mass is 10.1. The second-order valence-corrected chi connectivity index (χ2v) is 5.28. The summed E-state index contributed by atoms with van der Waals surface area (Å²) < 4.78 is 1.12. The van der Waals surface area contributed by atoms with Crippen molar-refractivity contribution < 1.29 is 0 Å². The fourth-order valence-corrected chi connectivity index (χ4v) is 2.16. The van der Waals surface area contributed by atoms with Gasteiger partial charge in [-0.1, -0.05) is 28.9 Å². The van der Waals surface area contributed by atoms with Crippen molar-refractivity contribution in [3.63, 3.8) is 0 Å². The molecule has 0 radical (unpaired) electrons. The molecule has 1 aromatic heterocycles. The number of hydrogen-bond donors (Lipinski definition) is 2. The van der Waals surface area contributed by atoms with E-state index in [1.54, 1.807) is 0 Å². The molecule has 1 heterocycles. The van der Waals surface area contributed by atoms with Crippen LogP contribution in [0.4, 0.5) is 0 Å². The van der Waals surface area contributed by atoms with Gasteiger partial charge in [-0.25, -0.2) is 4.98 Å². The van der Waals surface area contributed by atoms with Crippen LogP contribution in [-0.4, -0.2) is 16.5 Å². The van der Waals surface area contributed by atoms with Crippen LogP contribution in [0, 0.1) is 6.92 Å². The Labute approximate surface area is 116 Å². The molecule has 18 heavy (non-hydrogen) atoms. The predicted octanol–water partition coefficient (Wildman–Crippen LogP) is 3.82. The Kier molecular flexibility index (Phi) is 4.19.